The first kappa shape index (κ1) is 8.97. The minimum absolute atomic E-state index is 0.314. The number of rotatable bonds is 3. The Morgan fingerprint density at radius 2 is 2.33 bits per heavy atom. The van der Waals surface area contributed by atoms with Crippen LogP contribution in [0.4, 0.5) is 14.5 Å². The zero-order valence-corrected chi connectivity index (χ0v) is 6.30. The molecule has 0 saturated carbocycles. The predicted octanol–water partition coefficient (Wildman–Crippen LogP) is 0.552. The highest BCUT2D eigenvalue weighted by Crippen LogP contribution is 2.02. The second kappa shape index (κ2) is 4.04. The van der Waals surface area contributed by atoms with Crippen LogP contribution in [0.5, 0.6) is 0 Å². The summed E-state index contributed by atoms with van der Waals surface area (Å²) in [6.07, 6.45) is -0.900. The van der Waals surface area contributed by atoms with E-state index in [0.29, 0.717) is 11.3 Å². The third kappa shape index (κ3) is 2.86. The van der Waals surface area contributed by atoms with Crippen LogP contribution in [0.15, 0.2) is 18.3 Å². The van der Waals surface area contributed by atoms with Crippen LogP contribution in [0.1, 0.15) is 0 Å². The molecule has 1 heterocycles. The van der Waals surface area contributed by atoms with E-state index in [4.69, 9.17) is 7.85 Å². The van der Waals surface area contributed by atoms with E-state index in [2.05, 4.69) is 10.3 Å². The first-order chi connectivity index (χ1) is 5.68. The van der Waals surface area contributed by atoms with E-state index >= 15 is 0 Å². The van der Waals surface area contributed by atoms with Crippen molar-refractivity contribution in [1.29, 1.82) is 0 Å². The number of alkyl halides is 2. The highest BCUT2D eigenvalue weighted by Gasteiger charge is 2.00. The summed E-state index contributed by atoms with van der Waals surface area (Å²) in [5.41, 5.74) is 0.872. The Morgan fingerprint density at radius 3 is 2.92 bits per heavy atom. The average molecular weight is 168 g/mol. The van der Waals surface area contributed by atoms with Crippen molar-refractivity contribution in [3.05, 3.63) is 18.3 Å². The van der Waals surface area contributed by atoms with Crippen LogP contribution in [0.25, 0.3) is 0 Å². The molecule has 0 saturated heterocycles. The van der Waals surface area contributed by atoms with Gasteiger partial charge in [-0.15, -0.1) is 0 Å². The number of pyridine rings is 1. The van der Waals surface area contributed by atoms with E-state index in [1.807, 2.05) is 0 Å². The van der Waals surface area contributed by atoms with Crippen molar-refractivity contribution < 1.29 is 8.78 Å². The van der Waals surface area contributed by atoms with Gasteiger partial charge in [-0.25, -0.2) is 8.78 Å². The molecule has 0 bridgehead atoms. The number of nitrogens with zero attached hydrogens (tertiary/aromatic N) is 1. The number of anilines is 1. The fraction of sp³-hybridized carbons (Fsp3) is 0.286. The van der Waals surface area contributed by atoms with E-state index in [-0.39, 0.29) is 6.54 Å². The van der Waals surface area contributed by atoms with Crippen molar-refractivity contribution in [3.63, 3.8) is 0 Å². The highest BCUT2D eigenvalue weighted by atomic mass is 19.3. The summed E-state index contributed by atoms with van der Waals surface area (Å²) in [6, 6.07) is 3.08. The van der Waals surface area contributed by atoms with Crippen molar-refractivity contribution in [2.24, 2.45) is 0 Å². The maximum absolute atomic E-state index is 11.7. The Bertz CT molecular complexity index is 255. The minimum Gasteiger partial charge on any atom is -0.379 e. The predicted molar refractivity (Wildman–Crippen MR) is 44.1 cm³/mol. The Kier molecular flexibility index (Phi) is 3.02. The zero-order chi connectivity index (χ0) is 8.97. The standard InChI is InChI=1S/C7H7BF2N2/c8-6-3-5(1-2-11-6)12-4-7(9)10/h1-3,7H,4H2,(H,11,12). The van der Waals surface area contributed by atoms with Gasteiger partial charge in [0, 0.05) is 11.9 Å². The number of hydrogen-bond donors (Lipinski definition) is 1. The van der Waals surface area contributed by atoms with Crippen LogP contribution in [0.3, 0.4) is 0 Å². The van der Waals surface area contributed by atoms with Gasteiger partial charge in [-0.05, 0) is 17.7 Å². The fourth-order valence-electron chi connectivity index (χ4n) is 0.753. The first-order valence-corrected chi connectivity index (χ1v) is 3.42. The molecule has 1 N–H and O–H groups in total. The van der Waals surface area contributed by atoms with Gasteiger partial charge in [-0.2, -0.15) is 0 Å². The molecular formula is C7H7BF2N2. The summed E-state index contributed by atoms with van der Waals surface area (Å²) < 4.78 is 23.4. The Balaban J connectivity index is 2.52. The number of aromatic nitrogens is 1. The summed E-state index contributed by atoms with van der Waals surface area (Å²) in [7, 11) is 5.33. The maximum Gasteiger partial charge on any atom is 0.255 e. The molecule has 0 unspecified atom stereocenters. The van der Waals surface area contributed by atoms with Gasteiger partial charge in [0.05, 0.1) is 6.54 Å². The summed E-state index contributed by atoms with van der Waals surface area (Å²) in [5.74, 6) is 0. The van der Waals surface area contributed by atoms with Gasteiger partial charge in [0.1, 0.15) is 7.85 Å². The Labute approximate surface area is 70.4 Å². The quantitative estimate of drug-likeness (QED) is 0.666. The molecule has 2 nitrogen and oxygen atoms in total. The Morgan fingerprint density at radius 1 is 1.58 bits per heavy atom. The largest absolute Gasteiger partial charge is 0.379 e. The van der Waals surface area contributed by atoms with E-state index in [1.165, 1.54) is 12.3 Å². The lowest BCUT2D eigenvalue weighted by molar-refractivity contribution is 0.163. The SMILES string of the molecule is [B]c1cc(NCC(F)F)ccn1. The first-order valence-electron chi connectivity index (χ1n) is 3.42. The lowest BCUT2D eigenvalue weighted by Crippen LogP contribution is -2.13. The Hall–Kier alpha value is -1.13. The van der Waals surface area contributed by atoms with E-state index in [0.717, 1.165) is 0 Å². The molecule has 0 aromatic carbocycles. The summed E-state index contributed by atoms with van der Waals surface area (Å²) >= 11 is 0. The molecule has 0 aliphatic carbocycles. The van der Waals surface area contributed by atoms with Crippen LogP contribution < -0.4 is 10.9 Å². The lowest BCUT2D eigenvalue weighted by atomic mass is 10.0. The molecule has 1 aromatic heterocycles. The molecular weight excluding hydrogens is 161 g/mol. The average Bonchev–Trinajstić information content (AvgIpc) is 2.01. The molecule has 1 rings (SSSR count). The van der Waals surface area contributed by atoms with Crippen LogP contribution >= 0.6 is 0 Å². The molecule has 0 aliphatic rings. The third-order valence-corrected chi connectivity index (χ3v) is 1.24. The zero-order valence-electron chi connectivity index (χ0n) is 6.30. The number of nitrogens with one attached hydrogen (secondary N) is 1. The van der Waals surface area contributed by atoms with Gasteiger partial charge >= 0.3 is 0 Å². The van der Waals surface area contributed by atoms with Gasteiger partial charge in [0.15, 0.2) is 0 Å². The summed E-state index contributed by atoms with van der Waals surface area (Å²) in [4.78, 5) is 3.72. The molecule has 0 spiro atoms. The molecule has 5 heteroatoms. The molecule has 2 radical (unpaired) electrons. The van der Waals surface area contributed by atoms with Crippen LogP contribution in [-0.2, 0) is 0 Å². The summed E-state index contributed by atoms with van der Waals surface area (Å²) in [6.45, 7) is -0.372. The van der Waals surface area contributed by atoms with Gasteiger partial charge in [0.2, 0.25) is 0 Å². The third-order valence-electron chi connectivity index (χ3n) is 1.24. The second-order valence-electron chi connectivity index (χ2n) is 2.24. The molecule has 0 aliphatic heterocycles. The van der Waals surface area contributed by atoms with Crippen LogP contribution in [-0.4, -0.2) is 25.8 Å². The molecule has 0 fully saturated rings. The molecule has 62 valence electrons. The van der Waals surface area contributed by atoms with Crippen molar-refractivity contribution in [1.82, 2.24) is 4.98 Å². The molecule has 12 heavy (non-hydrogen) atoms. The molecule has 0 atom stereocenters. The maximum atomic E-state index is 11.7. The highest BCUT2D eigenvalue weighted by molar-refractivity contribution is 6.30. The van der Waals surface area contributed by atoms with E-state index in [9.17, 15) is 8.78 Å². The van der Waals surface area contributed by atoms with Crippen molar-refractivity contribution in [2.75, 3.05) is 11.9 Å². The van der Waals surface area contributed by atoms with Crippen molar-refractivity contribution >= 4 is 19.1 Å². The fourth-order valence-corrected chi connectivity index (χ4v) is 0.753. The molecule has 1 aromatic rings. The number of halogens is 2. The smallest absolute Gasteiger partial charge is 0.255 e. The topological polar surface area (TPSA) is 24.9 Å². The van der Waals surface area contributed by atoms with Gasteiger partial charge in [0.25, 0.3) is 6.43 Å². The molecule has 0 amide bonds. The number of hydrogen-bond acceptors (Lipinski definition) is 2. The van der Waals surface area contributed by atoms with Crippen molar-refractivity contribution in [2.45, 2.75) is 6.43 Å². The second-order valence-corrected chi connectivity index (χ2v) is 2.24. The van der Waals surface area contributed by atoms with Gasteiger partial charge < -0.3 is 5.32 Å². The van der Waals surface area contributed by atoms with Crippen LogP contribution in [0.2, 0.25) is 0 Å². The monoisotopic (exact) mass is 168 g/mol. The minimum atomic E-state index is -2.36. The lowest BCUT2D eigenvalue weighted by Gasteiger charge is -2.05. The van der Waals surface area contributed by atoms with Crippen LogP contribution in [0, 0.1) is 0 Å². The normalized spacial score (nSPS) is 10.2. The summed E-state index contributed by atoms with van der Waals surface area (Å²) in [5, 5.41) is 2.51. The van der Waals surface area contributed by atoms with Gasteiger partial charge in [-0.3, -0.25) is 4.98 Å². The van der Waals surface area contributed by atoms with E-state index < -0.39 is 6.43 Å². The van der Waals surface area contributed by atoms with Crippen molar-refractivity contribution in [3.8, 4) is 0 Å². The van der Waals surface area contributed by atoms with E-state index in [1.54, 1.807) is 6.07 Å². The van der Waals surface area contributed by atoms with Gasteiger partial charge in [-0.1, -0.05) is 0 Å².